The SMILES string of the molecule is Cc1c[c]([Mg][Br])ccc1F.Cc1cccc[c]1[Mg][Br]. The van der Waals surface area contributed by atoms with E-state index in [2.05, 4.69) is 57.0 Å². The number of hydrogen-bond donors (Lipinski definition) is 0. The molecule has 0 aromatic heterocycles. The standard InChI is InChI=1S/C7H6F.C7H7.2BrH.2Mg/c1-6-4-2-3-5-7(6)8;1-7-5-3-2-4-6-7;;;;/h3-5H,1H3;2-5H,1H3;2*1H;;/q;;;;2*+1/p-2. The summed E-state index contributed by atoms with van der Waals surface area (Å²) in [6, 6.07) is 13.8. The summed E-state index contributed by atoms with van der Waals surface area (Å²) < 4.78 is 15.4. The molecule has 0 heterocycles. The highest BCUT2D eigenvalue weighted by Crippen LogP contribution is 2.01. The van der Waals surface area contributed by atoms with E-state index in [0.717, 1.165) is 5.56 Å². The smallest absolute Gasteiger partial charge is 0.296 e. The lowest BCUT2D eigenvalue weighted by atomic mass is 10.2. The highest BCUT2D eigenvalue weighted by Gasteiger charge is 1.98. The summed E-state index contributed by atoms with van der Waals surface area (Å²) in [6.45, 7) is 3.94. The van der Waals surface area contributed by atoms with Crippen LogP contribution in [0.4, 0.5) is 4.39 Å². The Morgan fingerprint density at radius 2 is 1.58 bits per heavy atom. The molecule has 94 valence electrons. The lowest BCUT2D eigenvalue weighted by Crippen LogP contribution is -2.10. The van der Waals surface area contributed by atoms with Gasteiger partial charge in [0.05, 0.1) is 0 Å². The molecule has 0 aliphatic heterocycles. The van der Waals surface area contributed by atoms with E-state index in [4.69, 9.17) is 0 Å². The van der Waals surface area contributed by atoms with E-state index >= 15 is 0 Å². The average Bonchev–Trinajstić information content (AvgIpc) is 2.43. The lowest BCUT2D eigenvalue weighted by molar-refractivity contribution is 0.619. The second-order valence-corrected chi connectivity index (χ2v) is 9.75. The number of rotatable bonds is 2. The predicted octanol–water partition coefficient (Wildman–Crippen LogP) is 3.41. The largest absolute Gasteiger partial charge is 0.507 e. The second kappa shape index (κ2) is 9.74. The van der Waals surface area contributed by atoms with Gasteiger partial charge in [-0.15, -0.1) is 3.69 Å². The monoisotopic (exact) mass is 406 g/mol. The molecule has 0 radical (unpaired) electrons. The van der Waals surface area contributed by atoms with Gasteiger partial charge in [0, 0.05) is 0 Å². The fraction of sp³-hybridized carbons (Fsp3) is 0.143. The van der Waals surface area contributed by atoms with Gasteiger partial charge in [0.2, 0.25) is 0 Å². The van der Waals surface area contributed by atoms with E-state index in [1.54, 1.807) is 6.92 Å². The molecule has 0 N–H and O–H groups in total. The van der Waals surface area contributed by atoms with Crippen molar-refractivity contribution in [1.82, 2.24) is 0 Å². The molecule has 0 unspecified atom stereocenters. The molecule has 0 saturated heterocycles. The van der Waals surface area contributed by atoms with Crippen LogP contribution in [-0.2, 0) is 0 Å². The number of benzene rings is 2. The molecule has 19 heavy (non-hydrogen) atoms. The molecule has 0 bridgehead atoms. The van der Waals surface area contributed by atoms with Crippen LogP contribution in [0.2, 0.25) is 0 Å². The Hall–Kier alpha value is 0.862. The van der Waals surface area contributed by atoms with Crippen LogP contribution in [0.25, 0.3) is 0 Å². The predicted molar refractivity (Wildman–Crippen MR) is 90.9 cm³/mol. The van der Waals surface area contributed by atoms with Crippen molar-refractivity contribution in [3.8, 4) is 0 Å². The van der Waals surface area contributed by atoms with Gasteiger partial charge in [-0.25, -0.2) is 4.39 Å². The topological polar surface area (TPSA) is 0 Å². The van der Waals surface area contributed by atoms with E-state index < -0.39 is 0 Å². The maximum atomic E-state index is 12.6. The molecule has 0 fully saturated rings. The minimum absolute atomic E-state index is 0.112. The van der Waals surface area contributed by atoms with Gasteiger partial charge in [-0.3, -0.25) is 25.8 Å². The minimum atomic E-state index is -0.300. The van der Waals surface area contributed by atoms with Crippen LogP contribution in [0.3, 0.4) is 0 Å². The Morgan fingerprint density at radius 1 is 0.895 bits per heavy atom. The third-order valence-electron chi connectivity index (χ3n) is 2.78. The molecule has 0 aliphatic carbocycles. The van der Waals surface area contributed by atoms with Crippen molar-refractivity contribution in [3.05, 3.63) is 59.4 Å². The van der Waals surface area contributed by atoms with Crippen LogP contribution in [0.5, 0.6) is 0 Å². The van der Waals surface area contributed by atoms with Gasteiger partial charge >= 0.3 is 36.4 Å². The van der Waals surface area contributed by atoms with E-state index in [0.29, 0.717) is 0 Å². The van der Waals surface area contributed by atoms with Gasteiger partial charge in [-0.05, 0) is 25.5 Å². The van der Waals surface area contributed by atoms with Crippen LogP contribution in [0, 0.1) is 19.7 Å². The molecule has 0 amide bonds. The van der Waals surface area contributed by atoms with Crippen molar-refractivity contribution in [1.29, 1.82) is 0 Å². The minimum Gasteiger partial charge on any atom is -0.296 e. The van der Waals surface area contributed by atoms with Crippen molar-refractivity contribution >= 4 is 69.5 Å². The van der Waals surface area contributed by atoms with Crippen LogP contribution in [0.1, 0.15) is 11.1 Å². The molecule has 2 rings (SSSR count). The summed E-state index contributed by atoms with van der Waals surface area (Å²) in [6.07, 6.45) is 0. The second-order valence-electron chi connectivity index (χ2n) is 4.28. The molecule has 0 saturated carbocycles. The fourth-order valence-electron chi connectivity index (χ4n) is 1.55. The van der Waals surface area contributed by atoms with Crippen molar-refractivity contribution < 1.29 is 4.39 Å². The molecular formula is C14H13Br2FMg2. The molecule has 2 aromatic rings. The van der Waals surface area contributed by atoms with Gasteiger partial charge in [-0.2, -0.15) is 3.69 Å². The molecule has 0 aliphatic rings. The maximum Gasteiger partial charge on any atom is 0.507 e. The first-order valence-electron chi connectivity index (χ1n) is 6.00. The third-order valence-corrected chi connectivity index (χ3v) is 8.37. The average molecular weight is 409 g/mol. The zero-order valence-corrected chi connectivity index (χ0v) is 17.1. The Kier molecular flexibility index (Phi) is 9.18. The fourth-order valence-corrected chi connectivity index (χ4v) is 5.63. The van der Waals surface area contributed by atoms with Crippen molar-refractivity contribution in [3.63, 3.8) is 0 Å². The van der Waals surface area contributed by atoms with Crippen LogP contribution in [-0.4, -0.2) is 36.4 Å². The Morgan fingerprint density at radius 3 is 2.05 bits per heavy atom. The summed E-state index contributed by atoms with van der Waals surface area (Å²) in [5.74, 6) is -0.112. The first kappa shape index (κ1) is 17.9. The summed E-state index contributed by atoms with van der Waals surface area (Å²) in [4.78, 5) is 0. The summed E-state index contributed by atoms with van der Waals surface area (Å²) in [7, 11) is 0. The quantitative estimate of drug-likeness (QED) is 0.668. The molecule has 5 heteroatoms. The number of halogens is 3. The first-order valence-corrected chi connectivity index (χ1v) is 15.2. The van der Waals surface area contributed by atoms with Gasteiger partial charge < -0.3 is 0 Å². The van der Waals surface area contributed by atoms with Crippen molar-refractivity contribution in [2.24, 2.45) is 0 Å². The zero-order chi connectivity index (χ0) is 14.3. The van der Waals surface area contributed by atoms with Crippen molar-refractivity contribution in [2.45, 2.75) is 13.8 Å². The Bertz CT molecular complexity index is 533. The van der Waals surface area contributed by atoms with Gasteiger partial charge in [0.15, 0.2) is 0 Å². The summed E-state index contributed by atoms with van der Waals surface area (Å²) in [5.41, 5.74) is 2.16. The molecule has 0 spiro atoms. The Balaban J connectivity index is 0.000000191. The van der Waals surface area contributed by atoms with Crippen LogP contribution < -0.4 is 7.39 Å². The summed E-state index contributed by atoms with van der Waals surface area (Å²) in [5, 5.41) is 0. The first-order chi connectivity index (χ1) is 9.08. The highest BCUT2D eigenvalue weighted by atomic mass is 79.9. The molecule has 2 aromatic carbocycles. The molecule has 0 atom stereocenters. The van der Waals surface area contributed by atoms with Gasteiger partial charge in [0.1, 0.15) is 5.82 Å². The maximum absolute atomic E-state index is 12.6. The van der Waals surface area contributed by atoms with Crippen LogP contribution in [0.15, 0.2) is 42.5 Å². The molecular weight excluding hydrogens is 396 g/mol. The van der Waals surface area contributed by atoms with Gasteiger partial charge in [0.25, 0.3) is 0 Å². The molecule has 0 nitrogen and oxygen atoms in total. The highest BCUT2D eigenvalue weighted by molar-refractivity contribution is 9.23. The van der Waals surface area contributed by atoms with E-state index in [9.17, 15) is 4.39 Å². The lowest BCUT2D eigenvalue weighted by Gasteiger charge is -1.97. The number of aryl methyl sites for hydroxylation is 2. The third kappa shape index (κ3) is 6.44. The zero-order valence-electron chi connectivity index (χ0n) is 11.1. The van der Waals surface area contributed by atoms with Crippen molar-refractivity contribution in [2.75, 3.05) is 0 Å². The Labute approximate surface area is 145 Å². The van der Waals surface area contributed by atoms with E-state index in [-0.39, 0.29) is 42.2 Å². The normalized spacial score (nSPS) is 8.89. The number of hydrogen-bond acceptors (Lipinski definition) is 0. The summed E-state index contributed by atoms with van der Waals surface area (Å²) >= 11 is 6.55. The van der Waals surface area contributed by atoms with Gasteiger partial charge in [-0.1, -0.05) is 42.0 Å². The van der Waals surface area contributed by atoms with E-state index in [1.165, 1.54) is 19.0 Å². The van der Waals surface area contributed by atoms with Crippen LogP contribution >= 0.6 is 25.8 Å². The van der Waals surface area contributed by atoms with E-state index in [1.807, 2.05) is 12.1 Å².